The molecule has 2 heterocycles. The maximum absolute atomic E-state index is 10.8. The van der Waals surface area contributed by atoms with Crippen molar-refractivity contribution in [2.45, 2.75) is 6.04 Å². The van der Waals surface area contributed by atoms with Gasteiger partial charge in [0.2, 0.25) is 0 Å². The van der Waals surface area contributed by atoms with Gasteiger partial charge < -0.3 is 9.67 Å². The highest BCUT2D eigenvalue weighted by Gasteiger charge is 2.30. The summed E-state index contributed by atoms with van der Waals surface area (Å²) in [5.41, 5.74) is 5.36. The molecule has 0 spiro atoms. The van der Waals surface area contributed by atoms with Crippen molar-refractivity contribution in [1.29, 1.82) is 0 Å². The number of hydrogen-bond acceptors (Lipinski definition) is 2. The number of aromatic amines is 1. The highest BCUT2D eigenvalue weighted by Crippen LogP contribution is 2.42. The summed E-state index contributed by atoms with van der Waals surface area (Å²) in [4.78, 5) is 3.27. The molecule has 0 bridgehead atoms. The summed E-state index contributed by atoms with van der Waals surface area (Å²) >= 11 is 0. The minimum Gasteiger partial charge on any atom is -0.507 e. The molecule has 0 unspecified atom stereocenters. The first-order valence-electron chi connectivity index (χ1n) is 10.4. The average molecular weight is 407 g/mol. The number of aromatic hydroxyl groups is 1. The lowest BCUT2D eigenvalue weighted by molar-refractivity contribution is -0.361. The number of para-hydroxylation sites is 2. The van der Waals surface area contributed by atoms with Crippen LogP contribution in [0.1, 0.15) is 17.2 Å². The van der Waals surface area contributed by atoms with Crippen LogP contribution in [-0.4, -0.2) is 9.67 Å². The minimum absolute atomic E-state index is 0.263. The first-order chi connectivity index (χ1) is 15.2. The van der Waals surface area contributed by atoms with Gasteiger partial charge in [0, 0.05) is 35.1 Å². The second-order valence-corrected chi connectivity index (χ2v) is 7.62. The Morgan fingerprint density at radius 2 is 1.52 bits per heavy atom. The van der Waals surface area contributed by atoms with Gasteiger partial charge in [0.1, 0.15) is 5.75 Å². The number of rotatable bonds is 5. The van der Waals surface area contributed by atoms with E-state index in [4.69, 9.17) is 0 Å². The van der Waals surface area contributed by atoms with Gasteiger partial charge in [0.15, 0.2) is 6.04 Å². The average Bonchev–Trinajstić information content (AvgIpc) is 3.12. The number of hydrogen-bond donors (Lipinski definition) is 2. The Morgan fingerprint density at radius 3 is 2.29 bits per heavy atom. The largest absolute Gasteiger partial charge is 0.507 e. The maximum atomic E-state index is 10.8. The molecule has 0 saturated carbocycles. The zero-order valence-corrected chi connectivity index (χ0v) is 17.3. The topological polar surface area (TPSA) is 51.3 Å². The van der Waals surface area contributed by atoms with Crippen LogP contribution in [-0.2, 0) is 7.05 Å². The molecule has 0 aliphatic rings. The first-order valence-corrected chi connectivity index (χ1v) is 10.4. The van der Waals surface area contributed by atoms with Gasteiger partial charge in [-0.3, -0.25) is 5.32 Å². The zero-order chi connectivity index (χ0) is 21.2. The molecule has 0 radical (unpaired) electrons. The molecule has 0 amide bonds. The third-order valence-electron chi connectivity index (χ3n) is 5.74. The fraction of sp³-hybridized carbons (Fsp3) is 0.0741. The van der Waals surface area contributed by atoms with E-state index in [0.29, 0.717) is 0 Å². The molecule has 4 heteroatoms. The summed E-state index contributed by atoms with van der Waals surface area (Å²) in [6, 6.07) is 32.1. The van der Waals surface area contributed by atoms with Crippen LogP contribution in [0.3, 0.4) is 0 Å². The number of pyridine rings is 1. The van der Waals surface area contributed by atoms with Gasteiger partial charge in [-0.1, -0.05) is 72.8 Å². The van der Waals surface area contributed by atoms with Gasteiger partial charge in [-0.05, 0) is 23.8 Å². The van der Waals surface area contributed by atoms with Crippen molar-refractivity contribution in [2.24, 2.45) is 7.05 Å². The molecule has 152 valence electrons. The maximum Gasteiger partial charge on any atom is 0.272 e. The molecule has 0 aliphatic carbocycles. The molecule has 3 aromatic carbocycles. The van der Waals surface area contributed by atoms with Crippen LogP contribution in [0.2, 0.25) is 0 Å². The number of H-pyrrole nitrogens is 1. The first kappa shape index (κ1) is 18.9. The Balaban J connectivity index is 1.82. The summed E-state index contributed by atoms with van der Waals surface area (Å²) in [6.45, 7) is 0. The molecular formula is C27H24N3O+. The van der Waals surface area contributed by atoms with Crippen LogP contribution in [0, 0.1) is 0 Å². The lowest BCUT2D eigenvalue weighted by atomic mass is 9.92. The third-order valence-corrected chi connectivity index (χ3v) is 5.74. The highest BCUT2D eigenvalue weighted by molar-refractivity contribution is 5.93. The van der Waals surface area contributed by atoms with E-state index in [0.717, 1.165) is 39.1 Å². The van der Waals surface area contributed by atoms with Crippen molar-refractivity contribution in [3.05, 3.63) is 114 Å². The van der Waals surface area contributed by atoms with E-state index in [1.165, 1.54) is 0 Å². The summed E-state index contributed by atoms with van der Waals surface area (Å²) in [5, 5.41) is 15.6. The summed E-state index contributed by atoms with van der Waals surface area (Å²) < 4.78 is 2.24. The Labute approximate surface area is 181 Å². The quantitative estimate of drug-likeness (QED) is 0.401. The van der Waals surface area contributed by atoms with Crippen molar-refractivity contribution >= 4 is 16.7 Å². The molecule has 0 saturated heterocycles. The van der Waals surface area contributed by atoms with Crippen LogP contribution in [0.5, 0.6) is 5.75 Å². The van der Waals surface area contributed by atoms with Gasteiger partial charge in [-0.25, -0.2) is 4.98 Å². The number of phenolic OH excluding ortho intramolecular Hbond substituents is 1. The molecule has 2 aromatic heterocycles. The molecule has 5 rings (SSSR count). The predicted molar refractivity (Wildman–Crippen MR) is 125 cm³/mol. The van der Waals surface area contributed by atoms with E-state index in [1.807, 2.05) is 48.7 Å². The monoisotopic (exact) mass is 406 g/mol. The van der Waals surface area contributed by atoms with Crippen LogP contribution in [0.15, 0.2) is 103 Å². The second-order valence-electron chi connectivity index (χ2n) is 7.62. The Hall–Kier alpha value is -4.05. The summed E-state index contributed by atoms with van der Waals surface area (Å²) in [5.74, 6) is 1.14. The Morgan fingerprint density at radius 1 is 0.806 bits per heavy atom. The van der Waals surface area contributed by atoms with Gasteiger partial charge in [-0.2, -0.15) is 0 Å². The molecule has 5 aromatic rings. The third kappa shape index (κ3) is 3.42. The van der Waals surface area contributed by atoms with Crippen molar-refractivity contribution < 1.29 is 10.1 Å². The zero-order valence-electron chi connectivity index (χ0n) is 17.3. The van der Waals surface area contributed by atoms with Gasteiger partial charge in [-0.15, -0.1) is 0 Å². The number of benzene rings is 3. The van der Waals surface area contributed by atoms with Gasteiger partial charge >= 0.3 is 0 Å². The smallest absolute Gasteiger partial charge is 0.272 e. The second kappa shape index (κ2) is 8.00. The number of phenols is 1. The summed E-state index contributed by atoms with van der Waals surface area (Å²) in [6.07, 6.45) is 1.89. The van der Waals surface area contributed by atoms with E-state index < -0.39 is 0 Å². The standard InChI is InChI=1S/C27H23N3O/c1-30-22-15-7-5-13-20(22)25(27(30)19-11-3-2-4-12-19)26(21-14-6-8-16-23(21)31)29-24-17-9-10-18-28-24/h2-18,26,31H,1H3,(H,28,29)/p+1/t26-/m1/s1. The van der Waals surface area contributed by atoms with Gasteiger partial charge in [0.25, 0.3) is 5.82 Å². The molecular weight excluding hydrogens is 382 g/mol. The molecule has 1 atom stereocenters. The molecule has 0 aliphatic heterocycles. The lowest BCUT2D eigenvalue weighted by Crippen LogP contribution is -2.19. The van der Waals surface area contributed by atoms with Gasteiger partial charge in [0.05, 0.1) is 11.9 Å². The SMILES string of the molecule is Cn1c(-c2ccccc2)c([C@H](Nc2cccc[nH+]2)c2ccccc2O)c2ccccc21. The van der Waals surface area contributed by atoms with Crippen LogP contribution < -0.4 is 10.3 Å². The van der Waals surface area contributed by atoms with Crippen LogP contribution in [0.4, 0.5) is 5.82 Å². The van der Waals surface area contributed by atoms with Crippen molar-refractivity contribution in [3.63, 3.8) is 0 Å². The van der Waals surface area contributed by atoms with E-state index in [1.54, 1.807) is 6.07 Å². The van der Waals surface area contributed by atoms with E-state index >= 15 is 0 Å². The molecule has 4 nitrogen and oxygen atoms in total. The van der Waals surface area contributed by atoms with E-state index in [2.05, 4.69) is 70.4 Å². The minimum atomic E-state index is -0.263. The van der Waals surface area contributed by atoms with Crippen molar-refractivity contribution in [2.75, 3.05) is 5.32 Å². The number of anilines is 1. The molecule has 3 N–H and O–H groups in total. The number of nitrogens with zero attached hydrogens (tertiary/aromatic N) is 1. The lowest BCUT2D eigenvalue weighted by Gasteiger charge is -2.19. The highest BCUT2D eigenvalue weighted by atomic mass is 16.3. The Kier molecular flexibility index (Phi) is 4.89. The van der Waals surface area contributed by atoms with Crippen LogP contribution in [0.25, 0.3) is 22.2 Å². The fourth-order valence-corrected chi connectivity index (χ4v) is 4.34. The number of aromatic nitrogens is 2. The van der Waals surface area contributed by atoms with Crippen LogP contribution >= 0.6 is 0 Å². The fourth-order valence-electron chi connectivity index (χ4n) is 4.34. The predicted octanol–water partition coefficient (Wildman–Crippen LogP) is 5.57. The normalized spacial score (nSPS) is 12.0. The Bertz CT molecular complexity index is 1330. The molecule has 31 heavy (non-hydrogen) atoms. The van der Waals surface area contributed by atoms with Crippen molar-refractivity contribution in [3.8, 4) is 17.0 Å². The van der Waals surface area contributed by atoms with E-state index in [-0.39, 0.29) is 11.8 Å². The van der Waals surface area contributed by atoms with E-state index in [9.17, 15) is 5.11 Å². The number of fused-ring (bicyclic) bond motifs is 1. The summed E-state index contributed by atoms with van der Waals surface area (Å²) in [7, 11) is 2.10. The number of aryl methyl sites for hydroxylation is 1. The molecule has 0 fully saturated rings. The van der Waals surface area contributed by atoms with Crippen molar-refractivity contribution in [1.82, 2.24) is 4.57 Å². The number of nitrogens with one attached hydrogen (secondary N) is 2.